The highest BCUT2D eigenvalue weighted by Gasteiger charge is 2.21. The van der Waals surface area contributed by atoms with Gasteiger partial charge in [0.05, 0.1) is 11.3 Å². The van der Waals surface area contributed by atoms with Crippen LogP contribution in [0.1, 0.15) is 36.2 Å². The van der Waals surface area contributed by atoms with Gasteiger partial charge in [0.15, 0.2) is 9.84 Å². The topological polar surface area (TPSA) is 91.8 Å². The van der Waals surface area contributed by atoms with E-state index in [0.29, 0.717) is 12.0 Å². The second-order valence-corrected chi connectivity index (χ2v) is 7.91. The number of aryl methyl sites for hydroxylation is 1. The molecule has 23 heavy (non-hydrogen) atoms. The molecule has 0 spiro atoms. The van der Waals surface area contributed by atoms with Gasteiger partial charge in [-0.15, -0.1) is 0 Å². The average Bonchev–Trinajstić information content (AvgIpc) is 2.51. The maximum atomic E-state index is 12.2. The van der Waals surface area contributed by atoms with Crippen LogP contribution in [0, 0.1) is 0 Å². The lowest BCUT2D eigenvalue weighted by Gasteiger charge is -2.24. The first kappa shape index (κ1) is 19.2. The Hall–Kier alpha value is -1.89. The summed E-state index contributed by atoms with van der Waals surface area (Å²) in [5.74, 6) is -1.25. The lowest BCUT2D eigenvalue weighted by atomic mass is 10.0. The zero-order valence-electron chi connectivity index (χ0n) is 13.7. The minimum atomic E-state index is -3.15. The lowest BCUT2D eigenvalue weighted by molar-refractivity contribution is -0.131. The number of carbonyl (C=O) groups excluding carboxylic acids is 1. The first-order valence-corrected chi connectivity index (χ1v) is 9.27. The Labute approximate surface area is 137 Å². The molecule has 0 aliphatic heterocycles. The van der Waals surface area contributed by atoms with E-state index in [0.717, 1.165) is 0 Å². The van der Waals surface area contributed by atoms with Gasteiger partial charge in [-0.25, -0.2) is 13.2 Å². The summed E-state index contributed by atoms with van der Waals surface area (Å²) in [5, 5.41) is 9.12. The third kappa shape index (κ3) is 5.67. The minimum Gasteiger partial charge on any atom is -0.478 e. The summed E-state index contributed by atoms with van der Waals surface area (Å²) in [6.45, 7) is 3.27. The molecule has 1 rings (SSSR count). The summed E-state index contributed by atoms with van der Waals surface area (Å²) in [6.07, 6.45) is 0.441. The summed E-state index contributed by atoms with van der Waals surface area (Å²) in [6, 6.07) is 6.14. The van der Waals surface area contributed by atoms with Gasteiger partial charge >= 0.3 is 5.97 Å². The molecule has 0 radical (unpaired) electrons. The number of amides is 1. The molecule has 1 amide bonds. The molecule has 0 aliphatic carbocycles. The van der Waals surface area contributed by atoms with Gasteiger partial charge in [0.1, 0.15) is 0 Å². The van der Waals surface area contributed by atoms with Gasteiger partial charge in [-0.3, -0.25) is 4.79 Å². The number of hydrogen-bond acceptors (Lipinski definition) is 4. The molecule has 0 saturated heterocycles. The zero-order valence-corrected chi connectivity index (χ0v) is 14.5. The molecule has 7 heteroatoms. The molecule has 0 fully saturated rings. The van der Waals surface area contributed by atoms with Crippen LogP contribution in [-0.2, 0) is 21.1 Å². The molecular formula is C16H23NO5S. The van der Waals surface area contributed by atoms with Gasteiger partial charge in [-0.2, -0.15) is 0 Å². The van der Waals surface area contributed by atoms with Crippen molar-refractivity contribution >= 4 is 21.7 Å². The predicted molar refractivity (Wildman–Crippen MR) is 88.3 cm³/mol. The van der Waals surface area contributed by atoms with Crippen LogP contribution in [0.25, 0.3) is 0 Å². The maximum absolute atomic E-state index is 12.2. The van der Waals surface area contributed by atoms with Crippen molar-refractivity contribution in [3.8, 4) is 0 Å². The SMILES string of the molecule is CCS(=O)(=O)CC(C)N(C)C(=O)CCc1ccccc1C(=O)O. The van der Waals surface area contributed by atoms with Crippen molar-refractivity contribution in [2.45, 2.75) is 32.7 Å². The van der Waals surface area contributed by atoms with Crippen molar-refractivity contribution in [3.63, 3.8) is 0 Å². The molecule has 0 bridgehead atoms. The van der Waals surface area contributed by atoms with Gasteiger partial charge in [0.25, 0.3) is 0 Å². The second-order valence-electron chi connectivity index (χ2n) is 5.51. The Bertz CT molecular complexity index is 669. The van der Waals surface area contributed by atoms with E-state index < -0.39 is 21.8 Å². The van der Waals surface area contributed by atoms with Crippen LogP contribution in [0.4, 0.5) is 0 Å². The number of rotatable bonds is 8. The smallest absolute Gasteiger partial charge is 0.335 e. The van der Waals surface area contributed by atoms with E-state index in [1.165, 1.54) is 11.0 Å². The van der Waals surface area contributed by atoms with Crippen molar-refractivity contribution in [1.29, 1.82) is 0 Å². The van der Waals surface area contributed by atoms with E-state index in [4.69, 9.17) is 5.11 Å². The molecule has 1 aromatic carbocycles. The maximum Gasteiger partial charge on any atom is 0.335 e. The largest absolute Gasteiger partial charge is 0.478 e. The summed E-state index contributed by atoms with van der Waals surface area (Å²) < 4.78 is 23.3. The summed E-state index contributed by atoms with van der Waals surface area (Å²) in [5.41, 5.74) is 0.778. The van der Waals surface area contributed by atoms with Crippen LogP contribution in [0.2, 0.25) is 0 Å². The minimum absolute atomic E-state index is 0.0470. The van der Waals surface area contributed by atoms with Crippen LogP contribution in [0.15, 0.2) is 24.3 Å². The average molecular weight is 341 g/mol. The number of carbonyl (C=O) groups is 2. The molecule has 1 atom stereocenters. The molecule has 1 aromatic rings. The third-order valence-corrected chi connectivity index (χ3v) is 5.72. The first-order chi connectivity index (χ1) is 10.7. The zero-order chi connectivity index (χ0) is 17.6. The predicted octanol–water partition coefficient (Wildman–Crippen LogP) is 1.60. The van der Waals surface area contributed by atoms with Crippen LogP contribution < -0.4 is 0 Å². The number of nitrogens with zero attached hydrogens (tertiary/aromatic N) is 1. The van der Waals surface area contributed by atoms with Crippen LogP contribution in [0.3, 0.4) is 0 Å². The molecule has 1 unspecified atom stereocenters. The molecule has 0 aliphatic rings. The first-order valence-electron chi connectivity index (χ1n) is 7.45. The Morgan fingerprint density at radius 2 is 1.87 bits per heavy atom. The highest BCUT2D eigenvalue weighted by molar-refractivity contribution is 7.91. The summed E-state index contributed by atoms with van der Waals surface area (Å²) in [4.78, 5) is 24.7. The van der Waals surface area contributed by atoms with E-state index in [-0.39, 0.29) is 29.4 Å². The number of hydrogen-bond donors (Lipinski definition) is 1. The fraction of sp³-hybridized carbons (Fsp3) is 0.500. The quantitative estimate of drug-likeness (QED) is 0.775. The normalized spacial score (nSPS) is 12.7. The van der Waals surface area contributed by atoms with E-state index in [1.807, 2.05) is 0 Å². The number of aromatic carboxylic acids is 1. The van der Waals surface area contributed by atoms with Gasteiger partial charge < -0.3 is 10.0 Å². The molecule has 1 N–H and O–H groups in total. The van der Waals surface area contributed by atoms with Gasteiger partial charge in [0.2, 0.25) is 5.91 Å². The molecule has 0 aromatic heterocycles. The fourth-order valence-electron chi connectivity index (χ4n) is 2.21. The number of sulfone groups is 1. The van der Waals surface area contributed by atoms with Gasteiger partial charge in [0, 0.05) is 25.3 Å². The molecular weight excluding hydrogens is 318 g/mol. The van der Waals surface area contributed by atoms with Gasteiger partial charge in [-0.1, -0.05) is 25.1 Å². The van der Waals surface area contributed by atoms with Crippen LogP contribution >= 0.6 is 0 Å². The molecule has 0 heterocycles. The highest BCUT2D eigenvalue weighted by atomic mass is 32.2. The summed E-state index contributed by atoms with van der Waals surface area (Å²) >= 11 is 0. The Balaban J connectivity index is 2.68. The third-order valence-electron chi connectivity index (χ3n) is 3.85. The fourth-order valence-corrected chi connectivity index (χ4v) is 3.40. The van der Waals surface area contributed by atoms with Crippen molar-refractivity contribution in [2.75, 3.05) is 18.6 Å². The second kappa shape index (κ2) is 8.10. The number of carboxylic acid groups (broad SMARTS) is 1. The molecule has 0 saturated carbocycles. The van der Waals surface area contributed by atoms with Gasteiger partial charge in [-0.05, 0) is 25.0 Å². The molecule has 6 nitrogen and oxygen atoms in total. The Kier molecular flexibility index (Phi) is 6.75. The van der Waals surface area contributed by atoms with Crippen molar-refractivity contribution < 1.29 is 23.1 Å². The van der Waals surface area contributed by atoms with Crippen molar-refractivity contribution in [3.05, 3.63) is 35.4 Å². The lowest BCUT2D eigenvalue weighted by Crippen LogP contribution is -2.39. The van der Waals surface area contributed by atoms with E-state index in [9.17, 15) is 18.0 Å². The Morgan fingerprint density at radius 3 is 2.43 bits per heavy atom. The summed E-state index contributed by atoms with van der Waals surface area (Å²) in [7, 11) is -1.58. The Morgan fingerprint density at radius 1 is 1.26 bits per heavy atom. The van der Waals surface area contributed by atoms with Crippen molar-refractivity contribution in [2.24, 2.45) is 0 Å². The van der Waals surface area contributed by atoms with Crippen LogP contribution in [-0.4, -0.2) is 54.9 Å². The van der Waals surface area contributed by atoms with E-state index >= 15 is 0 Å². The molecule has 128 valence electrons. The monoisotopic (exact) mass is 341 g/mol. The van der Waals surface area contributed by atoms with Crippen molar-refractivity contribution in [1.82, 2.24) is 4.90 Å². The number of benzene rings is 1. The van der Waals surface area contributed by atoms with Crippen LogP contribution in [0.5, 0.6) is 0 Å². The number of carboxylic acids is 1. The van der Waals surface area contributed by atoms with E-state index in [2.05, 4.69) is 0 Å². The van der Waals surface area contributed by atoms with E-state index in [1.54, 1.807) is 39.1 Å². The standard InChI is InChI=1S/C16H23NO5S/c1-4-23(21,22)11-12(2)17(3)15(18)10-9-13-7-5-6-8-14(13)16(19)20/h5-8,12H,4,9-11H2,1-3H3,(H,19,20). The highest BCUT2D eigenvalue weighted by Crippen LogP contribution is 2.13.